The van der Waals surface area contributed by atoms with Crippen molar-refractivity contribution in [3.63, 3.8) is 0 Å². The van der Waals surface area contributed by atoms with Crippen molar-refractivity contribution in [2.24, 2.45) is 5.41 Å². The lowest BCUT2D eigenvalue weighted by Crippen LogP contribution is -2.37. The first-order chi connectivity index (χ1) is 9.62. The van der Waals surface area contributed by atoms with E-state index in [-0.39, 0.29) is 16.8 Å². The summed E-state index contributed by atoms with van der Waals surface area (Å²) in [4.78, 5) is 50.6. The van der Waals surface area contributed by atoms with Crippen molar-refractivity contribution < 1.29 is 24.1 Å². The minimum absolute atomic E-state index is 0.0349. The number of non-ortho nitro benzene ring substituents is 1. The van der Waals surface area contributed by atoms with Gasteiger partial charge in [0, 0.05) is 12.1 Å². The van der Waals surface area contributed by atoms with Crippen LogP contribution in [-0.2, 0) is 9.63 Å². The predicted octanol–water partition coefficient (Wildman–Crippen LogP) is 1.70. The highest BCUT2D eigenvalue weighted by molar-refractivity contribution is 6.21. The summed E-state index contributed by atoms with van der Waals surface area (Å²) < 4.78 is 0. The molecule has 1 aliphatic rings. The molecule has 0 aromatic heterocycles. The molecule has 0 spiro atoms. The molecule has 0 saturated carbocycles. The van der Waals surface area contributed by atoms with Gasteiger partial charge in [0.15, 0.2) is 0 Å². The molecule has 0 radical (unpaired) electrons. The second-order valence-corrected chi connectivity index (χ2v) is 5.52. The summed E-state index contributed by atoms with van der Waals surface area (Å²) in [6, 6.07) is 3.26. The number of hydrogen-bond donors (Lipinski definition) is 0. The molecule has 1 aromatic carbocycles. The van der Waals surface area contributed by atoms with Crippen LogP contribution in [0.15, 0.2) is 18.2 Å². The molecule has 110 valence electrons. The molecule has 0 atom stereocenters. The molecule has 0 fully saturated rings. The molecular weight excluding hydrogens is 280 g/mol. The first-order valence-corrected chi connectivity index (χ1v) is 6.02. The number of carbonyl (C=O) groups is 3. The third-order valence-corrected chi connectivity index (χ3v) is 2.83. The molecule has 0 aliphatic carbocycles. The van der Waals surface area contributed by atoms with Crippen LogP contribution in [0.5, 0.6) is 0 Å². The third-order valence-electron chi connectivity index (χ3n) is 2.83. The first kappa shape index (κ1) is 14.6. The highest BCUT2D eigenvalue weighted by Gasteiger charge is 2.41. The molecule has 1 heterocycles. The zero-order valence-corrected chi connectivity index (χ0v) is 11.6. The van der Waals surface area contributed by atoms with Crippen molar-refractivity contribution in [1.29, 1.82) is 0 Å². The molecule has 1 aliphatic heterocycles. The van der Waals surface area contributed by atoms with E-state index < -0.39 is 28.1 Å². The standard InChI is InChI=1S/C13H12N2O6/c1-13(2,3)12(18)21-14-10(16)8-5-4-7(15(19)20)6-9(8)11(14)17/h4-6H,1-3H3. The Labute approximate surface area is 119 Å². The average Bonchev–Trinajstić information content (AvgIpc) is 2.62. The Kier molecular flexibility index (Phi) is 3.24. The SMILES string of the molecule is CC(C)(C)C(=O)ON1C(=O)c2ccc([N+](=O)[O-])cc2C1=O. The van der Waals surface area contributed by atoms with E-state index in [0.717, 1.165) is 12.1 Å². The Morgan fingerprint density at radius 2 is 1.76 bits per heavy atom. The lowest BCUT2D eigenvalue weighted by molar-refractivity contribution is -0.384. The largest absolute Gasteiger partial charge is 0.338 e. The Balaban J connectivity index is 2.34. The van der Waals surface area contributed by atoms with E-state index in [2.05, 4.69) is 0 Å². The normalized spacial score (nSPS) is 14.1. The van der Waals surface area contributed by atoms with E-state index >= 15 is 0 Å². The van der Waals surface area contributed by atoms with E-state index in [4.69, 9.17) is 4.84 Å². The molecule has 0 saturated heterocycles. The number of nitro groups is 1. The number of nitrogens with zero attached hydrogens (tertiary/aromatic N) is 2. The Hall–Kier alpha value is -2.77. The lowest BCUT2D eigenvalue weighted by atomic mass is 9.98. The van der Waals surface area contributed by atoms with Crippen LogP contribution in [0.3, 0.4) is 0 Å². The second kappa shape index (κ2) is 4.65. The van der Waals surface area contributed by atoms with Crippen LogP contribution in [0.4, 0.5) is 5.69 Å². The zero-order valence-electron chi connectivity index (χ0n) is 11.6. The van der Waals surface area contributed by atoms with Crippen molar-refractivity contribution in [2.75, 3.05) is 0 Å². The topological polar surface area (TPSA) is 107 Å². The van der Waals surface area contributed by atoms with E-state index in [0.29, 0.717) is 5.06 Å². The van der Waals surface area contributed by atoms with Gasteiger partial charge in [-0.05, 0) is 26.8 Å². The predicted molar refractivity (Wildman–Crippen MR) is 69.1 cm³/mol. The van der Waals surface area contributed by atoms with Gasteiger partial charge in [-0.15, -0.1) is 0 Å². The van der Waals surface area contributed by atoms with Crippen LogP contribution in [-0.4, -0.2) is 27.8 Å². The van der Waals surface area contributed by atoms with Gasteiger partial charge in [0.05, 0.1) is 21.5 Å². The fourth-order valence-corrected chi connectivity index (χ4v) is 1.62. The van der Waals surface area contributed by atoms with Gasteiger partial charge < -0.3 is 4.84 Å². The summed E-state index contributed by atoms with van der Waals surface area (Å²) in [7, 11) is 0. The van der Waals surface area contributed by atoms with Crippen LogP contribution in [0.25, 0.3) is 0 Å². The summed E-state index contributed by atoms with van der Waals surface area (Å²) in [5, 5.41) is 11.0. The highest BCUT2D eigenvalue weighted by Crippen LogP contribution is 2.28. The maximum Gasteiger partial charge on any atom is 0.338 e. The Morgan fingerprint density at radius 1 is 1.19 bits per heavy atom. The number of rotatable bonds is 2. The van der Waals surface area contributed by atoms with E-state index in [1.165, 1.54) is 6.07 Å². The van der Waals surface area contributed by atoms with Crippen molar-refractivity contribution in [2.45, 2.75) is 20.8 Å². The lowest BCUT2D eigenvalue weighted by Gasteiger charge is -2.19. The first-order valence-electron chi connectivity index (χ1n) is 6.02. The maximum absolute atomic E-state index is 12.0. The van der Waals surface area contributed by atoms with E-state index in [1.807, 2.05) is 0 Å². The Bertz CT molecular complexity index is 674. The molecule has 0 bridgehead atoms. The number of carbonyl (C=O) groups excluding carboxylic acids is 3. The van der Waals surface area contributed by atoms with Gasteiger partial charge in [-0.2, -0.15) is 0 Å². The summed E-state index contributed by atoms with van der Waals surface area (Å²) in [5.41, 5.74) is -1.41. The van der Waals surface area contributed by atoms with Gasteiger partial charge in [-0.3, -0.25) is 19.7 Å². The number of benzene rings is 1. The molecular formula is C13H12N2O6. The van der Waals surface area contributed by atoms with Crippen LogP contribution >= 0.6 is 0 Å². The fourth-order valence-electron chi connectivity index (χ4n) is 1.62. The van der Waals surface area contributed by atoms with Crippen LogP contribution in [0.2, 0.25) is 0 Å². The van der Waals surface area contributed by atoms with Crippen molar-refractivity contribution >= 4 is 23.5 Å². The molecule has 8 nitrogen and oxygen atoms in total. The molecule has 2 amide bonds. The average molecular weight is 292 g/mol. The number of hydroxylamine groups is 2. The van der Waals surface area contributed by atoms with E-state index in [1.54, 1.807) is 20.8 Å². The molecule has 0 N–H and O–H groups in total. The molecule has 0 unspecified atom stereocenters. The quantitative estimate of drug-likeness (QED) is 0.466. The highest BCUT2D eigenvalue weighted by atomic mass is 16.7. The zero-order chi connectivity index (χ0) is 15.9. The number of hydrogen-bond acceptors (Lipinski definition) is 6. The van der Waals surface area contributed by atoms with Gasteiger partial charge in [0.25, 0.3) is 17.5 Å². The second-order valence-electron chi connectivity index (χ2n) is 5.52. The number of fused-ring (bicyclic) bond motifs is 1. The summed E-state index contributed by atoms with van der Waals surface area (Å²) in [6.07, 6.45) is 0. The minimum atomic E-state index is -0.901. The van der Waals surface area contributed by atoms with Gasteiger partial charge in [0.1, 0.15) is 0 Å². The van der Waals surface area contributed by atoms with Gasteiger partial charge in [-0.25, -0.2) is 4.79 Å². The van der Waals surface area contributed by atoms with Gasteiger partial charge >= 0.3 is 5.97 Å². The minimum Gasteiger partial charge on any atom is -0.329 e. The van der Waals surface area contributed by atoms with Crippen molar-refractivity contribution in [3.05, 3.63) is 39.4 Å². The smallest absolute Gasteiger partial charge is 0.329 e. The van der Waals surface area contributed by atoms with Crippen LogP contribution < -0.4 is 0 Å². The van der Waals surface area contributed by atoms with Gasteiger partial charge in [-0.1, -0.05) is 5.06 Å². The third kappa shape index (κ3) is 2.47. The molecule has 21 heavy (non-hydrogen) atoms. The van der Waals surface area contributed by atoms with Crippen molar-refractivity contribution in [1.82, 2.24) is 5.06 Å². The van der Waals surface area contributed by atoms with Gasteiger partial charge in [0.2, 0.25) is 0 Å². The van der Waals surface area contributed by atoms with Crippen LogP contribution in [0.1, 0.15) is 41.5 Å². The molecule has 2 rings (SSSR count). The summed E-state index contributed by atoms with van der Waals surface area (Å²) in [5.74, 6) is -2.47. The van der Waals surface area contributed by atoms with Crippen LogP contribution in [0, 0.1) is 15.5 Å². The Morgan fingerprint density at radius 3 is 2.29 bits per heavy atom. The number of nitro benzene ring substituents is 1. The monoisotopic (exact) mass is 292 g/mol. The number of imide groups is 1. The summed E-state index contributed by atoms with van der Waals surface area (Å²) in [6.45, 7) is 4.70. The number of amides is 2. The fraction of sp³-hybridized carbons (Fsp3) is 0.308. The van der Waals surface area contributed by atoms with Crippen molar-refractivity contribution in [3.8, 4) is 0 Å². The maximum atomic E-state index is 12.0. The van der Waals surface area contributed by atoms with E-state index in [9.17, 15) is 24.5 Å². The molecule has 8 heteroatoms. The summed E-state index contributed by atoms with van der Waals surface area (Å²) >= 11 is 0. The molecule has 1 aromatic rings.